The van der Waals surface area contributed by atoms with Crippen LogP contribution in [0.3, 0.4) is 0 Å². The van der Waals surface area contributed by atoms with Crippen LogP contribution in [-0.4, -0.2) is 51.7 Å². The van der Waals surface area contributed by atoms with E-state index < -0.39 is 0 Å². The quantitative estimate of drug-likeness (QED) is 0.606. The summed E-state index contributed by atoms with van der Waals surface area (Å²) >= 11 is 6.14. The number of halogens is 1. The van der Waals surface area contributed by atoms with Crippen LogP contribution in [0.25, 0.3) is 0 Å². The first-order valence-corrected chi connectivity index (χ1v) is 10.4. The number of aromatic nitrogens is 2. The number of benzene rings is 2. The average molecular weight is 425 g/mol. The summed E-state index contributed by atoms with van der Waals surface area (Å²) in [4.78, 5) is 17.3. The lowest BCUT2D eigenvalue weighted by Gasteiger charge is -2.34. The minimum Gasteiger partial charge on any atom is -0.487 e. The molecule has 1 saturated heterocycles. The Balaban J connectivity index is 1.32. The molecule has 0 radical (unpaired) electrons. The molecule has 7 heteroatoms. The Kier molecular flexibility index (Phi) is 6.35. The fourth-order valence-electron chi connectivity index (χ4n) is 3.62. The van der Waals surface area contributed by atoms with Gasteiger partial charge in [0.25, 0.3) is 5.91 Å². The molecule has 2 heterocycles. The number of para-hydroxylation sites is 1. The zero-order valence-corrected chi connectivity index (χ0v) is 17.8. The number of hydrogen-bond acceptors (Lipinski definition) is 4. The van der Waals surface area contributed by atoms with Crippen LogP contribution in [0, 0.1) is 0 Å². The third-order valence-electron chi connectivity index (χ3n) is 5.23. The van der Waals surface area contributed by atoms with Crippen molar-refractivity contribution in [2.45, 2.75) is 13.2 Å². The summed E-state index contributed by atoms with van der Waals surface area (Å²) in [6.07, 6.45) is 3.93. The third kappa shape index (κ3) is 5.01. The molecular formula is C23H25ClN4O2. The number of aryl methyl sites for hydroxylation is 1. The largest absolute Gasteiger partial charge is 0.487 e. The predicted octanol–water partition coefficient (Wildman–Crippen LogP) is 3.61. The van der Waals surface area contributed by atoms with Crippen molar-refractivity contribution in [3.63, 3.8) is 0 Å². The van der Waals surface area contributed by atoms with Gasteiger partial charge in [-0.05, 0) is 29.8 Å². The van der Waals surface area contributed by atoms with Gasteiger partial charge in [-0.25, -0.2) is 0 Å². The molecule has 0 N–H and O–H groups in total. The molecule has 0 saturated carbocycles. The molecule has 6 nitrogen and oxygen atoms in total. The van der Waals surface area contributed by atoms with Crippen LogP contribution in [0.2, 0.25) is 5.02 Å². The second-order valence-electron chi connectivity index (χ2n) is 7.51. The number of hydrogen-bond donors (Lipinski definition) is 0. The normalized spacial score (nSPS) is 14.7. The summed E-state index contributed by atoms with van der Waals surface area (Å²) < 4.78 is 7.62. The lowest BCUT2D eigenvalue weighted by Crippen LogP contribution is -2.48. The highest BCUT2D eigenvalue weighted by molar-refractivity contribution is 6.32. The van der Waals surface area contributed by atoms with Crippen molar-refractivity contribution >= 4 is 17.5 Å². The van der Waals surface area contributed by atoms with Crippen LogP contribution in [0.5, 0.6) is 5.75 Å². The van der Waals surface area contributed by atoms with E-state index in [9.17, 15) is 4.79 Å². The Bertz CT molecular complexity index is 1010. The molecule has 1 fully saturated rings. The molecule has 4 rings (SSSR count). The van der Waals surface area contributed by atoms with Gasteiger partial charge in [-0.15, -0.1) is 0 Å². The first kappa shape index (κ1) is 20.4. The van der Waals surface area contributed by atoms with Crippen molar-refractivity contribution in [2.24, 2.45) is 7.05 Å². The molecule has 0 bridgehead atoms. The van der Waals surface area contributed by atoms with E-state index in [0.29, 0.717) is 22.9 Å². The van der Waals surface area contributed by atoms with Crippen LogP contribution in [-0.2, 0) is 20.2 Å². The Hall–Kier alpha value is -2.83. The molecule has 156 valence electrons. The van der Waals surface area contributed by atoms with Crippen molar-refractivity contribution < 1.29 is 9.53 Å². The van der Waals surface area contributed by atoms with Crippen LogP contribution in [0.1, 0.15) is 21.5 Å². The summed E-state index contributed by atoms with van der Waals surface area (Å²) in [7, 11) is 1.92. The SMILES string of the molecule is Cn1cc(CN2CCN(C(=O)c3cccc(COc4ccccc4Cl)c3)CC2)cn1. The van der Waals surface area contributed by atoms with Gasteiger partial charge in [0.1, 0.15) is 12.4 Å². The van der Waals surface area contributed by atoms with Crippen LogP contribution >= 0.6 is 11.6 Å². The van der Waals surface area contributed by atoms with Crippen LogP contribution < -0.4 is 4.74 Å². The van der Waals surface area contributed by atoms with Gasteiger partial charge in [-0.1, -0.05) is 35.9 Å². The van der Waals surface area contributed by atoms with E-state index in [1.807, 2.05) is 71.5 Å². The molecular weight excluding hydrogens is 400 g/mol. The van der Waals surface area contributed by atoms with Gasteiger partial charge >= 0.3 is 0 Å². The van der Waals surface area contributed by atoms with Crippen LogP contribution in [0.4, 0.5) is 0 Å². The van der Waals surface area contributed by atoms with Crippen molar-refractivity contribution in [3.05, 3.63) is 82.6 Å². The summed E-state index contributed by atoms with van der Waals surface area (Å²) in [5.41, 5.74) is 2.83. The number of carbonyl (C=O) groups excluding carboxylic acids is 1. The van der Waals surface area contributed by atoms with Crippen molar-refractivity contribution in [1.82, 2.24) is 19.6 Å². The molecule has 2 aromatic carbocycles. The maximum Gasteiger partial charge on any atom is 0.253 e. The maximum absolute atomic E-state index is 13.0. The summed E-state index contributed by atoms with van der Waals surface area (Å²) in [6, 6.07) is 15.0. The van der Waals surface area contributed by atoms with Gasteiger partial charge < -0.3 is 9.64 Å². The van der Waals surface area contributed by atoms with Crippen molar-refractivity contribution in [2.75, 3.05) is 26.2 Å². The lowest BCUT2D eigenvalue weighted by atomic mass is 10.1. The van der Waals surface area contributed by atoms with Crippen LogP contribution in [0.15, 0.2) is 60.9 Å². The van der Waals surface area contributed by atoms with Gasteiger partial charge in [-0.3, -0.25) is 14.4 Å². The lowest BCUT2D eigenvalue weighted by molar-refractivity contribution is 0.0628. The molecule has 30 heavy (non-hydrogen) atoms. The molecule has 1 amide bonds. The molecule has 1 aliphatic heterocycles. The van der Waals surface area contributed by atoms with E-state index in [4.69, 9.17) is 16.3 Å². The average Bonchev–Trinajstić information content (AvgIpc) is 3.18. The van der Waals surface area contributed by atoms with E-state index in [1.54, 1.807) is 6.07 Å². The molecule has 3 aromatic rings. The standard InChI is InChI=1S/C23H25ClN4O2/c1-26-15-19(14-25-26)16-27-9-11-28(12-10-27)23(29)20-6-4-5-18(13-20)17-30-22-8-3-2-7-21(22)24/h2-8,13-15H,9-12,16-17H2,1H3. The van der Waals surface area contributed by atoms with Gasteiger partial charge in [0.05, 0.1) is 11.2 Å². The van der Waals surface area contributed by atoms with E-state index in [1.165, 1.54) is 5.56 Å². The highest BCUT2D eigenvalue weighted by atomic mass is 35.5. The highest BCUT2D eigenvalue weighted by Crippen LogP contribution is 2.24. The number of nitrogens with zero attached hydrogens (tertiary/aromatic N) is 4. The first-order chi connectivity index (χ1) is 14.6. The minimum atomic E-state index is 0.0654. The van der Waals surface area contributed by atoms with Gasteiger partial charge in [-0.2, -0.15) is 5.10 Å². The molecule has 0 aliphatic carbocycles. The predicted molar refractivity (Wildman–Crippen MR) is 117 cm³/mol. The highest BCUT2D eigenvalue weighted by Gasteiger charge is 2.22. The van der Waals surface area contributed by atoms with Gasteiger partial charge in [0.15, 0.2) is 0 Å². The topological polar surface area (TPSA) is 50.6 Å². The Labute approximate surface area is 181 Å². The maximum atomic E-state index is 13.0. The fraction of sp³-hybridized carbons (Fsp3) is 0.304. The van der Waals surface area contributed by atoms with Crippen molar-refractivity contribution in [1.29, 1.82) is 0 Å². The zero-order valence-electron chi connectivity index (χ0n) is 17.0. The fourth-order valence-corrected chi connectivity index (χ4v) is 3.81. The third-order valence-corrected chi connectivity index (χ3v) is 5.54. The zero-order chi connectivity index (χ0) is 20.9. The van der Waals surface area contributed by atoms with Crippen molar-refractivity contribution in [3.8, 4) is 5.75 Å². The number of carbonyl (C=O) groups is 1. The molecule has 1 aromatic heterocycles. The van der Waals surface area contributed by atoms with E-state index in [0.717, 1.165) is 38.3 Å². The second-order valence-corrected chi connectivity index (χ2v) is 7.92. The molecule has 0 unspecified atom stereocenters. The number of ether oxygens (including phenoxy) is 1. The van der Waals surface area contributed by atoms with E-state index in [-0.39, 0.29) is 5.91 Å². The number of amides is 1. The summed E-state index contributed by atoms with van der Waals surface area (Å²) in [6.45, 7) is 4.39. The van der Waals surface area contributed by atoms with Gasteiger partial charge in [0.2, 0.25) is 0 Å². The second kappa shape index (κ2) is 9.32. The van der Waals surface area contributed by atoms with E-state index >= 15 is 0 Å². The minimum absolute atomic E-state index is 0.0654. The summed E-state index contributed by atoms with van der Waals surface area (Å²) in [5.74, 6) is 0.705. The summed E-state index contributed by atoms with van der Waals surface area (Å²) in [5, 5.41) is 4.80. The first-order valence-electron chi connectivity index (χ1n) is 10.0. The Morgan fingerprint density at radius 2 is 1.87 bits per heavy atom. The van der Waals surface area contributed by atoms with E-state index in [2.05, 4.69) is 10.00 Å². The Morgan fingerprint density at radius 3 is 2.60 bits per heavy atom. The van der Waals surface area contributed by atoms with Gasteiger partial charge in [0, 0.05) is 57.1 Å². The smallest absolute Gasteiger partial charge is 0.253 e. The molecule has 0 spiro atoms. The molecule has 0 atom stereocenters. The molecule has 1 aliphatic rings. The number of rotatable bonds is 6. The Morgan fingerprint density at radius 1 is 1.07 bits per heavy atom. The number of piperazine rings is 1. The monoisotopic (exact) mass is 424 g/mol.